The van der Waals surface area contributed by atoms with E-state index in [9.17, 15) is 24.9 Å². The molecule has 30 heavy (non-hydrogen) atoms. The van der Waals surface area contributed by atoms with Crippen molar-refractivity contribution in [3.05, 3.63) is 0 Å². The van der Waals surface area contributed by atoms with Crippen molar-refractivity contribution in [1.29, 1.82) is 0 Å². The van der Waals surface area contributed by atoms with Crippen molar-refractivity contribution in [2.24, 2.45) is 5.92 Å². The SMILES string of the molecule is CSC1O[C@H]([C@H](NC(=O)[C@@H]2CC[C@H](CCC(=O)O)CCN2)[C@H](C)Cl)C(O)C(O)[C@H]1O. The molecular formula is C19H33ClN2O7S. The lowest BCUT2D eigenvalue weighted by molar-refractivity contribution is -0.205. The Morgan fingerprint density at radius 3 is 2.50 bits per heavy atom. The largest absolute Gasteiger partial charge is 0.481 e. The van der Waals surface area contributed by atoms with E-state index in [0.29, 0.717) is 19.4 Å². The Bertz CT molecular complexity index is 583. The van der Waals surface area contributed by atoms with Crippen molar-refractivity contribution < 1.29 is 34.8 Å². The van der Waals surface area contributed by atoms with Crippen molar-refractivity contribution in [3.8, 4) is 0 Å². The van der Waals surface area contributed by atoms with Gasteiger partial charge in [-0.05, 0) is 51.3 Å². The van der Waals surface area contributed by atoms with E-state index in [1.54, 1.807) is 13.2 Å². The molecule has 9 atom stereocenters. The van der Waals surface area contributed by atoms with E-state index in [1.165, 1.54) is 11.8 Å². The van der Waals surface area contributed by atoms with Crippen molar-refractivity contribution in [1.82, 2.24) is 10.6 Å². The molecule has 2 aliphatic heterocycles. The molecule has 0 radical (unpaired) electrons. The lowest BCUT2D eigenvalue weighted by Gasteiger charge is -2.44. The second-order valence-corrected chi connectivity index (χ2v) is 9.68. The van der Waals surface area contributed by atoms with Gasteiger partial charge in [0.1, 0.15) is 29.9 Å². The number of thioether (sulfide) groups is 1. The molecule has 174 valence electrons. The van der Waals surface area contributed by atoms with E-state index < -0.39 is 53.3 Å². The third-order valence-electron chi connectivity index (χ3n) is 5.89. The van der Waals surface area contributed by atoms with Gasteiger partial charge < -0.3 is 35.8 Å². The van der Waals surface area contributed by atoms with Gasteiger partial charge in [-0.25, -0.2) is 0 Å². The molecule has 0 spiro atoms. The Balaban J connectivity index is 2.00. The first-order valence-corrected chi connectivity index (χ1v) is 12.0. The van der Waals surface area contributed by atoms with E-state index in [1.807, 2.05) is 0 Å². The smallest absolute Gasteiger partial charge is 0.303 e. The minimum atomic E-state index is -1.41. The van der Waals surface area contributed by atoms with Gasteiger partial charge in [-0.1, -0.05) is 0 Å². The van der Waals surface area contributed by atoms with Gasteiger partial charge in [-0.2, -0.15) is 0 Å². The van der Waals surface area contributed by atoms with E-state index in [2.05, 4.69) is 10.6 Å². The zero-order chi connectivity index (χ0) is 22.4. The first-order valence-electron chi connectivity index (χ1n) is 10.3. The quantitative estimate of drug-likeness (QED) is 0.268. The number of aliphatic hydroxyl groups excluding tert-OH is 3. The Hall–Kier alpha value is -0.620. The number of hydrogen-bond donors (Lipinski definition) is 6. The van der Waals surface area contributed by atoms with Crippen LogP contribution in [0.1, 0.15) is 39.0 Å². The van der Waals surface area contributed by atoms with Crippen LogP contribution in [-0.2, 0) is 14.3 Å². The molecule has 0 aromatic heterocycles. The number of halogens is 1. The molecule has 2 aliphatic rings. The number of carboxylic acid groups (broad SMARTS) is 1. The maximum Gasteiger partial charge on any atom is 0.303 e. The number of rotatable bonds is 8. The number of carbonyl (C=O) groups excluding carboxylic acids is 1. The number of ether oxygens (including phenoxy) is 1. The van der Waals surface area contributed by atoms with Crippen LogP contribution in [0.5, 0.6) is 0 Å². The van der Waals surface area contributed by atoms with Gasteiger partial charge >= 0.3 is 5.97 Å². The highest BCUT2D eigenvalue weighted by Gasteiger charge is 2.48. The number of hydrogen-bond acceptors (Lipinski definition) is 8. The summed E-state index contributed by atoms with van der Waals surface area (Å²) in [7, 11) is 0. The summed E-state index contributed by atoms with van der Waals surface area (Å²) in [6, 6.07) is -1.25. The summed E-state index contributed by atoms with van der Waals surface area (Å²) < 4.78 is 5.77. The molecule has 11 heteroatoms. The fourth-order valence-corrected chi connectivity index (χ4v) is 4.92. The molecule has 2 rings (SSSR count). The Morgan fingerprint density at radius 2 is 1.90 bits per heavy atom. The van der Waals surface area contributed by atoms with Crippen molar-refractivity contribution >= 4 is 35.2 Å². The zero-order valence-corrected chi connectivity index (χ0v) is 18.8. The average Bonchev–Trinajstić information content (AvgIpc) is 2.95. The summed E-state index contributed by atoms with van der Waals surface area (Å²) in [4.78, 5) is 23.7. The van der Waals surface area contributed by atoms with Gasteiger partial charge in [0.15, 0.2) is 0 Å². The van der Waals surface area contributed by atoms with Crippen LogP contribution in [0.15, 0.2) is 0 Å². The van der Waals surface area contributed by atoms with Gasteiger partial charge in [0.05, 0.1) is 17.5 Å². The second kappa shape index (κ2) is 11.8. The molecule has 0 saturated carbocycles. The summed E-state index contributed by atoms with van der Waals surface area (Å²) >= 11 is 7.49. The highest BCUT2D eigenvalue weighted by molar-refractivity contribution is 7.99. The van der Waals surface area contributed by atoms with Gasteiger partial charge in [0.25, 0.3) is 0 Å². The van der Waals surface area contributed by atoms with Crippen LogP contribution in [0, 0.1) is 5.92 Å². The molecule has 0 aromatic rings. The number of carbonyl (C=O) groups is 2. The standard InChI is InChI=1S/C19H33ClN2O7S/c1-9(20)13(17-15(26)14(25)16(27)19(29-17)30-2)22-18(28)11-5-3-10(7-8-21-11)4-6-12(23)24/h9-11,13-17,19,21,25-27H,3-8H2,1-2H3,(H,22,28)(H,23,24)/t9-,10+,11-,13+,14?,15?,16+,17+,19?/m0/s1. The van der Waals surface area contributed by atoms with E-state index >= 15 is 0 Å². The zero-order valence-electron chi connectivity index (χ0n) is 17.2. The van der Waals surface area contributed by atoms with E-state index in [4.69, 9.17) is 21.4 Å². The monoisotopic (exact) mass is 468 g/mol. The summed E-state index contributed by atoms with van der Waals surface area (Å²) in [6.45, 7) is 2.27. The van der Waals surface area contributed by atoms with Crippen molar-refractivity contribution in [2.75, 3.05) is 12.8 Å². The molecule has 0 aromatic carbocycles. The Labute approximate surface area is 185 Å². The lowest BCUT2D eigenvalue weighted by Crippen LogP contribution is -2.65. The maximum absolute atomic E-state index is 12.9. The topological polar surface area (TPSA) is 148 Å². The fourth-order valence-electron chi connectivity index (χ4n) is 4.04. The van der Waals surface area contributed by atoms with Crippen LogP contribution < -0.4 is 10.6 Å². The number of amides is 1. The molecule has 2 saturated heterocycles. The fraction of sp³-hybridized carbons (Fsp3) is 0.895. The van der Waals surface area contributed by atoms with Crippen LogP contribution in [0.25, 0.3) is 0 Å². The molecule has 3 unspecified atom stereocenters. The van der Waals surface area contributed by atoms with Crippen LogP contribution in [0.3, 0.4) is 0 Å². The highest BCUT2D eigenvalue weighted by atomic mass is 35.5. The predicted molar refractivity (Wildman–Crippen MR) is 113 cm³/mol. The van der Waals surface area contributed by atoms with Gasteiger partial charge in [-0.15, -0.1) is 23.4 Å². The van der Waals surface area contributed by atoms with Crippen LogP contribution in [0.2, 0.25) is 0 Å². The summed E-state index contributed by atoms with van der Waals surface area (Å²) in [6.07, 6.45) is -0.533. The molecule has 1 amide bonds. The molecule has 9 nitrogen and oxygen atoms in total. The van der Waals surface area contributed by atoms with Crippen molar-refractivity contribution in [3.63, 3.8) is 0 Å². The van der Waals surface area contributed by atoms with Crippen molar-refractivity contribution in [2.45, 2.75) is 86.3 Å². The predicted octanol–water partition coefficient (Wildman–Crippen LogP) is -0.108. The number of carboxylic acids is 1. The first-order chi connectivity index (χ1) is 14.1. The second-order valence-electron chi connectivity index (χ2n) is 8.06. The van der Waals surface area contributed by atoms with Gasteiger partial charge in [-0.3, -0.25) is 9.59 Å². The molecule has 0 bridgehead atoms. The molecule has 2 fully saturated rings. The normalized spacial score (nSPS) is 37.1. The number of alkyl halides is 1. The third kappa shape index (κ3) is 6.69. The molecule has 0 aliphatic carbocycles. The minimum Gasteiger partial charge on any atom is -0.481 e. The number of aliphatic hydroxyl groups is 3. The van der Waals surface area contributed by atoms with E-state index in [0.717, 1.165) is 12.8 Å². The maximum atomic E-state index is 12.9. The minimum absolute atomic E-state index is 0.120. The number of aliphatic carboxylic acids is 1. The highest BCUT2D eigenvalue weighted by Crippen LogP contribution is 2.30. The van der Waals surface area contributed by atoms with Gasteiger partial charge in [0.2, 0.25) is 5.91 Å². The Morgan fingerprint density at radius 1 is 1.20 bits per heavy atom. The van der Waals surface area contributed by atoms with Crippen LogP contribution >= 0.6 is 23.4 Å². The summed E-state index contributed by atoms with van der Waals surface area (Å²) in [5, 5.41) is 45.0. The average molecular weight is 469 g/mol. The lowest BCUT2D eigenvalue weighted by atomic mass is 9.92. The van der Waals surface area contributed by atoms with Crippen LogP contribution in [0.4, 0.5) is 0 Å². The Kier molecular flexibility index (Phi) is 10.1. The summed E-state index contributed by atoms with van der Waals surface area (Å²) in [5.41, 5.74) is -0.755. The van der Waals surface area contributed by atoms with E-state index in [-0.39, 0.29) is 18.2 Å². The number of nitrogens with one attached hydrogen (secondary N) is 2. The molecular weight excluding hydrogens is 436 g/mol. The first kappa shape index (κ1) is 25.6. The van der Waals surface area contributed by atoms with Crippen LogP contribution in [-0.4, -0.2) is 92.4 Å². The van der Waals surface area contributed by atoms with Gasteiger partial charge in [0, 0.05) is 6.42 Å². The molecule has 2 heterocycles. The summed E-state index contributed by atoms with van der Waals surface area (Å²) in [5.74, 6) is -0.859. The molecule has 6 N–H and O–H groups in total. The third-order valence-corrected chi connectivity index (χ3v) is 7.01.